The van der Waals surface area contributed by atoms with Gasteiger partial charge in [-0.05, 0) is 30.2 Å². The van der Waals surface area contributed by atoms with Gasteiger partial charge in [-0.3, -0.25) is 0 Å². The fourth-order valence-corrected chi connectivity index (χ4v) is 2.61. The smallest absolute Gasteiger partial charge is 0.123 e. The zero-order chi connectivity index (χ0) is 13.0. The lowest BCUT2D eigenvalue weighted by Gasteiger charge is -2.14. The van der Waals surface area contributed by atoms with Crippen LogP contribution in [0.1, 0.15) is 16.0 Å². The average Bonchev–Trinajstić information content (AvgIpc) is 2.41. The molecule has 1 atom stereocenters. The second-order valence-electron chi connectivity index (χ2n) is 4.04. The summed E-state index contributed by atoms with van der Waals surface area (Å²) in [5.41, 5.74) is 2.19. The van der Waals surface area contributed by atoms with Gasteiger partial charge >= 0.3 is 0 Å². The predicted molar refractivity (Wildman–Crippen MR) is 74.8 cm³/mol. The monoisotopic (exact) mass is 308 g/mol. The summed E-state index contributed by atoms with van der Waals surface area (Å²) in [5.74, 6) is 0.656. The van der Waals surface area contributed by atoms with Crippen molar-refractivity contribution in [2.45, 2.75) is 11.2 Å². The minimum Gasteiger partial charge on any atom is -0.496 e. The normalized spacial score (nSPS) is 12.2. The van der Waals surface area contributed by atoms with Gasteiger partial charge in [-0.25, -0.2) is 4.39 Å². The molecule has 0 aliphatic heterocycles. The highest BCUT2D eigenvalue weighted by atomic mass is 79.9. The van der Waals surface area contributed by atoms with E-state index in [0.717, 1.165) is 23.3 Å². The summed E-state index contributed by atoms with van der Waals surface area (Å²) in [6, 6.07) is 14.5. The Morgan fingerprint density at radius 1 is 1.11 bits per heavy atom. The molecule has 0 heterocycles. The Morgan fingerprint density at radius 3 is 2.44 bits per heavy atom. The molecule has 0 spiro atoms. The molecular weight excluding hydrogens is 295 g/mol. The highest BCUT2D eigenvalue weighted by Crippen LogP contribution is 2.33. The molecule has 94 valence electrons. The molecule has 0 radical (unpaired) electrons. The molecule has 2 aromatic carbocycles. The number of benzene rings is 2. The van der Waals surface area contributed by atoms with Gasteiger partial charge in [-0.2, -0.15) is 0 Å². The summed E-state index contributed by atoms with van der Waals surface area (Å²) in [7, 11) is 1.66. The first-order valence-electron chi connectivity index (χ1n) is 5.72. The van der Waals surface area contributed by atoms with E-state index < -0.39 is 0 Å². The lowest BCUT2D eigenvalue weighted by molar-refractivity contribution is 0.409. The van der Waals surface area contributed by atoms with Crippen molar-refractivity contribution >= 4 is 15.9 Å². The Hall–Kier alpha value is -1.35. The molecule has 0 amide bonds. The highest BCUT2D eigenvalue weighted by Gasteiger charge is 2.13. The van der Waals surface area contributed by atoms with Gasteiger partial charge in [0.1, 0.15) is 11.6 Å². The van der Waals surface area contributed by atoms with Crippen molar-refractivity contribution in [1.29, 1.82) is 0 Å². The van der Waals surface area contributed by atoms with Crippen molar-refractivity contribution in [2.75, 3.05) is 7.11 Å². The number of halogens is 2. The first-order chi connectivity index (χ1) is 8.70. The fraction of sp³-hybridized carbons (Fsp3) is 0.200. The SMILES string of the molecule is COc1ccccc1C(Br)Cc1ccc(F)cc1. The van der Waals surface area contributed by atoms with E-state index >= 15 is 0 Å². The van der Waals surface area contributed by atoms with E-state index in [1.54, 1.807) is 19.2 Å². The summed E-state index contributed by atoms with van der Waals surface area (Å²) in [6.07, 6.45) is 0.792. The molecule has 0 fully saturated rings. The van der Waals surface area contributed by atoms with Crippen LogP contribution in [0.2, 0.25) is 0 Å². The molecular formula is C15H14BrFO. The molecule has 2 aromatic rings. The number of hydrogen-bond donors (Lipinski definition) is 0. The van der Waals surface area contributed by atoms with Crippen LogP contribution < -0.4 is 4.74 Å². The van der Waals surface area contributed by atoms with E-state index in [4.69, 9.17) is 4.74 Å². The first-order valence-corrected chi connectivity index (χ1v) is 6.63. The molecule has 0 N–H and O–H groups in total. The van der Waals surface area contributed by atoms with Gasteiger partial charge in [0, 0.05) is 10.4 Å². The third-order valence-corrected chi connectivity index (χ3v) is 3.62. The van der Waals surface area contributed by atoms with Gasteiger partial charge in [-0.1, -0.05) is 46.3 Å². The van der Waals surface area contributed by atoms with Gasteiger partial charge in [0.05, 0.1) is 7.11 Å². The lowest BCUT2D eigenvalue weighted by atomic mass is 10.0. The maximum Gasteiger partial charge on any atom is 0.123 e. The Morgan fingerprint density at radius 2 is 1.78 bits per heavy atom. The van der Waals surface area contributed by atoms with Crippen LogP contribution in [0.3, 0.4) is 0 Å². The van der Waals surface area contributed by atoms with Gasteiger partial charge in [0.2, 0.25) is 0 Å². The number of para-hydroxylation sites is 1. The molecule has 1 unspecified atom stereocenters. The summed E-state index contributed by atoms with van der Waals surface area (Å²) < 4.78 is 18.2. The van der Waals surface area contributed by atoms with Gasteiger partial charge < -0.3 is 4.74 Å². The Labute approximate surface area is 115 Å². The molecule has 0 bridgehead atoms. The molecule has 0 saturated heterocycles. The van der Waals surface area contributed by atoms with Crippen molar-refractivity contribution in [3.63, 3.8) is 0 Å². The van der Waals surface area contributed by atoms with E-state index in [9.17, 15) is 4.39 Å². The molecule has 2 rings (SSSR count). The predicted octanol–water partition coefficient (Wildman–Crippen LogP) is 4.51. The largest absolute Gasteiger partial charge is 0.496 e. The number of hydrogen-bond acceptors (Lipinski definition) is 1. The second kappa shape index (κ2) is 6.01. The first kappa shape index (κ1) is 13.1. The zero-order valence-electron chi connectivity index (χ0n) is 10.1. The molecule has 0 saturated carbocycles. The van der Waals surface area contributed by atoms with Crippen LogP contribution in [0.5, 0.6) is 5.75 Å². The second-order valence-corrected chi connectivity index (χ2v) is 5.15. The topological polar surface area (TPSA) is 9.23 Å². The number of methoxy groups -OCH3 is 1. The average molecular weight is 309 g/mol. The minimum atomic E-state index is -0.206. The fourth-order valence-electron chi connectivity index (χ4n) is 1.86. The summed E-state index contributed by atoms with van der Waals surface area (Å²) >= 11 is 3.66. The Kier molecular flexibility index (Phi) is 4.37. The van der Waals surface area contributed by atoms with Crippen LogP contribution in [0.15, 0.2) is 48.5 Å². The molecule has 1 nitrogen and oxygen atoms in total. The highest BCUT2D eigenvalue weighted by molar-refractivity contribution is 9.09. The Balaban J connectivity index is 2.16. The summed E-state index contributed by atoms with van der Waals surface area (Å²) in [5, 5.41) is 0. The summed E-state index contributed by atoms with van der Waals surface area (Å²) in [4.78, 5) is 0.152. The number of ether oxygens (including phenoxy) is 1. The van der Waals surface area contributed by atoms with E-state index in [1.165, 1.54) is 12.1 Å². The molecule has 0 aromatic heterocycles. The Bertz CT molecular complexity index is 510. The van der Waals surface area contributed by atoms with Crippen molar-refractivity contribution in [1.82, 2.24) is 0 Å². The van der Waals surface area contributed by atoms with Gasteiger partial charge in [0.15, 0.2) is 0 Å². The van der Waals surface area contributed by atoms with Crippen LogP contribution in [-0.4, -0.2) is 7.11 Å². The lowest BCUT2D eigenvalue weighted by Crippen LogP contribution is -1.98. The maximum absolute atomic E-state index is 12.8. The van der Waals surface area contributed by atoms with E-state index in [-0.39, 0.29) is 10.6 Å². The molecule has 0 aliphatic carbocycles. The zero-order valence-corrected chi connectivity index (χ0v) is 11.7. The molecule has 18 heavy (non-hydrogen) atoms. The van der Waals surface area contributed by atoms with Gasteiger partial charge in [0.25, 0.3) is 0 Å². The molecule has 0 aliphatic rings. The quantitative estimate of drug-likeness (QED) is 0.755. The summed E-state index contributed by atoms with van der Waals surface area (Å²) in [6.45, 7) is 0. The van der Waals surface area contributed by atoms with Crippen LogP contribution in [0.4, 0.5) is 4.39 Å². The van der Waals surface area contributed by atoms with Crippen LogP contribution in [0, 0.1) is 5.82 Å². The van der Waals surface area contributed by atoms with Crippen molar-refractivity contribution < 1.29 is 9.13 Å². The van der Waals surface area contributed by atoms with Crippen LogP contribution in [-0.2, 0) is 6.42 Å². The van der Waals surface area contributed by atoms with E-state index in [2.05, 4.69) is 15.9 Å². The van der Waals surface area contributed by atoms with E-state index in [1.807, 2.05) is 24.3 Å². The van der Waals surface area contributed by atoms with Crippen molar-refractivity contribution in [3.05, 3.63) is 65.5 Å². The number of alkyl halides is 1. The van der Waals surface area contributed by atoms with Crippen LogP contribution in [0.25, 0.3) is 0 Å². The van der Waals surface area contributed by atoms with Crippen molar-refractivity contribution in [2.24, 2.45) is 0 Å². The van der Waals surface area contributed by atoms with E-state index in [0.29, 0.717) is 0 Å². The van der Waals surface area contributed by atoms with Gasteiger partial charge in [-0.15, -0.1) is 0 Å². The minimum absolute atomic E-state index is 0.152. The maximum atomic E-state index is 12.8. The number of rotatable bonds is 4. The van der Waals surface area contributed by atoms with Crippen LogP contribution >= 0.6 is 15.9 Å². The third-order valence-electron chi connectivity index (χ3n) is 2.80. The van der Waals surface area contributed by atoms with Crippen molar-refractivity contribution in [3.8, 4) is 5.75 Å². The third kappa shape index (κ3) is 3.10. The standard InChI is InChI=1S/C15H14BrFO/c1-18-15-5-3-2-4-13(15)14(16)10-11-6-8-12(17)9-7-11/h2-9,14H,10H2,1H3. The molecule has 3 heteroatoms.